The van der Waals surface area contributed by atoms with E-state index in [0.717, 1.165) is 40.5 Å². The first-order valence-corrected chi connectivity index (χ1v) is 9.55. The number of rotatable bonds is 7. The maximum atomic E-state index is 12.8. The van der Waals surface area contributed by atoms with Crippen molar-refractivity contribution in [2.24, 2.45) is 0 Å². The molecule has 0 radical (unpaired) electrons. The van der Waals surface area contributed by atoms with E-state index in [4.69, 9.17) is 16.0 Å². The summed E-state index contributed by atoms with van der Waals surface area (Å²) in [5.74, 6) is 0.198. The number of halogens is 1. The van der Waals surface area contributed by atoms with Crippen LogP contribution in [0.2, 0.25) is 5.02 Å². The number of benzene rings is 2. The van der Waals surface area contributed by atoms with E-state index in [-0.39, 0.29) is 5.91 Å². The van der Waals surface area contributed by atoms with Crippen molar-refractivity contribution in [3.63, 3.8) is 0 Å². The number of amides is 1. The third kappa shape index (κ3) is 4.10. The van der Waals surface area contributed by atoms with Gasteiger partial charge < -0.3 is 9.73 Å². The Kier molecular flexibility index (Phi) is 6.00. The van der Waals surface area contributed by atoms with Crippen LogP contribution in [-0.2, 0) is 0 Å². The molecule has 1 aromatic heterocycles. The van der Waals surface area contributed by atoms with Gasteiger partial charge in [0.2, 0.25) is 5.76 Å². The van der Waals surface area contributed by atoms with Crippen molar-refractivity contribution < 1.29 is 9.21 Å². The summed E-state index contributed by atoms with van der Waals surface area (Å²) in [5.41, 5.74) is 3.60. The van der Waals surface area contributed by atoms with Gasteiger partial charge in [-0.2, -0.15) is 0 Å². The molecule has 0 atom stereocenters. The molecule has 0 unspecified atom stereocenters. The van der Waals surface area contributed by atoms with Crippen LogP contribution in [0.4, 0.5) is 0 Å². The van der Waals surface area contributed by atoms with E-state index in [1.165, 1.54) is 12.8 Å². The topological polar surface area (TPSA) is 42.2 Å². The fourth-order valence-electron chi connectivity index (χ4n) is 3.11. The van der Waals surface area contributed by atoms with Gasteiger partial charge in [-0.1, -0.05) is 61.5 Å². The van der Waals surface area contributed by atoms with Gasteiger partial charge in [-0.3, -0.25) is 4.79 Å². The quantitative estimate of drug-likeness (QED) is 0.491. The monoisotopic (exact) mass is 369 g/mol. The second-order valence-electron chi connectivity index (χ2n) is 6.63. The number of carbonyl (C=O) groups is 1. The van der Waals surface area contributed by atoms with Crippen LogP contribution in [0.25, 0.3) is 22.1 Å². The number of hydrogen-bond acceptors (Lipinski definition) is 2. The van der Waals surface area contributed by atoms with E-state index in [1.807, 2.05) is 43.3 Å². The van der Waals surface area contributed by atoms with Crippen molar-refractivity contribution in [3.05, 3.63) is 58.8 Å². The Morgan fingerprint density at radius 2 is 1.85 bits per heavy atom. The number of furan rings is 1. The molecule has 0 saturated heterocycles. The van der Waals surface area contributed by atoms with Crippen molar-refractivity contribution >= 4 is 28.5 Å². The molecule has 0 bridgehead atoms. The fraction of sp³-hybridized carbons (Fsp3) is 0.318. The SMILES string of the molecule is CCCCCCNC(=O)c1oc2ccc(C)cc2c1-c1ccc(Cl)cc1. The highest BCUT2D eigenvalue weighted by Gasteiger charge is 2.21. The number of carbonyl (C=O) groups excluding carboxylic acids is 1. The molecule has 0 spiro atoms. The van der Waals surface area contributed by atoms with Crippen LogP contribution in [0.15, 0.2) is 46.9 Å². The van der Waals surface area contributed by atoms with Crippen molar-refractivity contribution in [1.29, 1.82) is 0 Å². The predicted molar refractivity (Wildman–Crippen MR) is 108 cm³/mol. The average molecular weight is 370 g/mol. The first-order valence-electron chi connectivity index (χ1n) is 9.17. The molecule has 0 aliphatic rings. The predicted octanol–water partition coefficient (Wildman–Crippen LogP) is 6.37. The van der Waals surface area contributed by atoms with Crippen molar-refractivity contribution in [1.82, 2.24) is 5.32 Å². The molecule has 1 amide bonds. The molecule has 136 valence electrons. The largest absolute Gasteiger partial charge is 0.450 e. The Morgan fingerprint density at radius 3 is 2.58 bits per heavy atom. The molecular formula is C22H24ClNO2. The van der Waals surface area contributed by atoms with E-state index in [1.54, 1.807) is 0 Å². The standard InChI is InChI=1S/C22H24ClNO2/c1-3-4-5-6-13-24-22(25)21-20(16-8-10-17(23)11-9-16)18-14-15(2)7-12-19(18)26-21/h7-12,14H,3-6,13H2,1-2H3,(H,24,25). The number of aryl methyl sites for hydroxylation is 1. The van der Waals surface area contributed by atoms with Gasteiger partial charge in [0.25, 0.3) is 5.91 Å². The van der Waals surface area contributed by atoms with Crippen LogP contribution < -0.4 is 5.32 Å². The summed E-state index contributed by atoms with van der Waals surface area (Å²) in [4.78, 5) is 12.8. The maximum absolute atomic E-state index is 12.8. The Labute approximate surface area is 159 Å². The number of nitrogens with one attached hydrogen (secondary N) is 1. The van der Waals surface area contributed by atoms with Crippen LogP contribution in [0, 0.1) is 6.92 Å². The minimum atomic E-state index is -0.166. The molecule has 3 aromatic rings. The van der Waals surface area contributed by atoms with Crippen LogP contribution in [0.3, 0.4) is 0 Å². The van der Waals surface area contributed by atoms with Crippen molar-refractivity contribution in [2.45, 2.75) is 39.5 Å². The molecule has 0 aliphatic carbocycles. The zero-order valence-electron chi connectivity index (χ0n) is 15.3. The fourth-order valence-corrected chi connectivity index (χ4v) is 3.23. The second kappa shape index (κ2) is 8.41. The van der Waals surface area contributed by atoms with Gasteiger partial charge in [-0.25, -0.2) is 0 Å². The molecular weight excluding hydrogens is 346 g/mol. The summed E-state index contributed by atoms with van der Waals surface area (Å²) in [6.45, 7) is 4.87. The lowest BCUT2D eigenvalue weighted by molar-refractivity contribution is 0.0928. The highest BCUT2D eigenvalue weighted by atomic mass is 35.5. The zero-order valence-corrected chi connectivity index (χ0v) is 16.0. The van der Waals surface area contributed by atoms with Gasteiger partial charge in [0.1, 0.15) is 5.58 Å². The lowest BCUT2D eigenvalue weighted by Gasteiger charge is -2.06. The first kappa shape index (κ1) is 18.5. The molecule has 1 heterocycles. The van der Waals surface area contributed by atoms with E-state index >= 15 is 0 Å². The summed E-state index contributed by atoms with van der Waals surface area (Å²) < 4.78 is 5.93. The smallest absolute Gasteiger partial charge is 0.287 e. The van der Waals surface area contributed by atoms with Gasteiger partial charge >= 0.3 is 0 Å². The molecule has 3 rings (SSSR count). The summed E-state index contributed by atoms with van der Waals surface area (Å²) in [5, 5.41) is 4.61. The minimum absolute atomic E-state index is 0.166. The number of fused-ring (bicyclic) bond motifs is 1. The Balaban J connectivity index is 1.95. The summed E-state index contributed by atoms with van der Waals surface area (Å²) in [6.07, 6.45) is 4.47. The summed E-state index contributed by atoms with van der Waals surface area (Å²) in [6, 6.07) is 13.5. The molecule has 26 heavy (non-hydrogen) atoms. The number of hydrogen-bond donors (Lipinski definition) is 1. The molecule has 3 nitrogen and oxygen atoms in total. The molecule has 0 fully saturated rings. The molecule has 2 aromatic carbocycles. The van der Waals surface area contributed by atoms with E-state index in [9.17, 15) is 4.79 Å². The van der Waals surface area contributed by atoms with Crippen molar-refractivity contribution in [3.8, 4) is 11.1 Å². The van der Waals surface area contributed by atoms with Crippen molar-refractivity contribution in [2.75, 3.05) is 6.54 Å². The molecule has 4 heteroatoms. The van der Waals surface area contributed by atoms with Crippen LogP contribution in [-0.4, -0.2) is 12.5 Å². The lowest BCUT2D eigenvalue weighted by atomic mass is 10.0. The highest BCUT2D eigenvalue weighted by Crippen LogP contribution is 2.36. The van der Waals surface area contributed by atoms with Gasteiger partial charge in [-0.05, 0) is 43.2 Å². The zero-order chi connectivity index (χ0) is 18.5. The van der Waals surface area contributed by atoms with E-state index in [0.29, 0.717) is 17.3 Å². The third-order valence-corrected chi connectivity index (χ3v) is 4.75. The van der Waals surface area contributed by atoms with Gasteiger partial charge in [0.15, 0.2) is 0 Å². The Hall–Kier alpha value is -2.26. The maximum Gasteiger partial charge on any atom is 0.287 e. The third-order valence-electron chi connectivity index (χ3n) is 4.50. The minimum Gasteiger partial charge on any atom is -0.450 e. The van der Waals surface area contributed by atoms with Gasteiger partial charge in [0.05, 0.1) is 0 Å². The van der Waals surface area contributed by atoms with Gasteiger partial charge in [-0.15, -0.1) is 0 Å². The normalized spacial score (nSPS) is 11.0. The summed E-state index contributed by atoms with van der Waals surface area (Å²) >= 11 is 6.03. The lowest BCUT2D eigenvalue weighted by Crippen LogP contribution is -2.24. The Bertz CT molecular complexity index is 896. The van der Waals surface area contributed by atoms with E-state index < -0.39 is 0 Å². The number of unbranched alkanes of at least 4 members (excludes halogenated alkanes) is 3. The highest BCUT2D eigenvalue weighted by molar-refractivity contribution is 6.30. The van der Waals surface area contributed by atoms with Crippen LogP contribution in [0.1, 0.15) is 48.7 Å². The van der Waals surface area contributed by atoms with Crippen LogP contribution >= 0.6 is 11.6 Å². The van der Waals surface area contributed by atoms with Crippen LogP contribution in [0.5, 0.6) is 0 Å². The second-order valence-corrected chi connectivity index (χ2v) is 7.07. The molecule has 0 saturated carbocycles. The summed E-state index contributed by atoms with van der Waals surface area (Å²) in [7, 11) is 0. The Morgan fingerprint density at radius 1 is 1.08 bits per heavy atom. The van der Waals surface area contributed by atoms with Gasteiger partial charge in [0, 0.05) is 22.5 Å². The first-order chi connectivity index (χ1) is 12.6. The molecule has 1 N–H and O–H groups in total. The average Bonchev–Trinajstić information content (AvgIpc) is 3.01. The van der Waals surface area contributed by atoms with E-state index in [2.05, 4.69) is 18.3 Å². The molecule has 0 aliphatic heterocycles.